The van der Waals surface area contributed by atoms with Crippen LogP contribution in [-0.4, -0.2) is 48.2 Å². The van der Waals surface area contributed by atoms with Crippen LogP contribution in [0.5, 0.6) is 0 Å². The van der Waals surface area contributed by atoms with Crippen molar-refractivity contribution in [3.8, 4) is 0 Å². The molecule has 0 aromatic rings. The molecule has 0 radical (unpaired) electrons. The number of aliphatic hydroxyl groups excluding tert-OH is 1. The lowest BCUT2D eigenvalue weighted by atomic mass is 10.4. The molecule has 1 saturated heterocycles. The number of thioether (sulfide) groups is 1. The molecule has 2 unspecified atom stereocenters. The van der Waals surface area contributed by atoms with Crippen LogP contribution < -0.4 is 5.32 Å². The van der Waals surface area contributed by atoms with Gasteiger partial charge in [0.05, 0.1) is 17.0 Å². The Morgan fingerprint density at radius 1 is 1.75 bits per heavy atom. The SMILES string of the molecule is C=NCCC1NC(C)=C(N2CCOC2O)S1. The molecule has 0 amide bonds. The molecule has 90 valence electrons. The molecule has 6 heteroatoms. The second-order valence-corrected chi connectivity index (χ2v) is 5.00. The Labute approximate surface area is 99.6 Å². The summed E-state index contributed by atoms with van der Waals surface area (Å²) in [5.41, 5.74) is 1.10. The molecular weight excluding hydrogens is 226 g/mol. The smallest absolute Gasteiger partial charge is 0.238 e. The Morgan fingerprint density at radius 2 is 2.56 bits per heavy atom. The topological polar surface area (TPSA) is 57.1 Å². The molecule has 0 aromatic carbocycles. The van der Waals surface area contributed by atoms with E-state index in [4.69, 9.17) is 4.74 Å². The lowest BCUT2D eigenvalue weighted by Gasteiger charge is -2.21. The maximum atomic E-state index is 9.63. The largest absolute Gasteiger partial charge is 0.374 e. The van der Waals surface area contributed by atoms with E-state index in [1.165, 1.54) is 0 Å². The van der Waals surface area contributed by atoms with Crippen LogP contribution in [0.15, 0.2) is 15.7 Å². The number of allylic oxidation sites excluding steroid dienone is 1. The van der Waals surface area contributed by atoms with E-state index in [2.05, 4.69) is 17.0 Å². The third-order valence-corrected chi connectivity index (χ3v) is 4.03. The zero-order valence-corrected chi connectivity index (χ0v) is 10.2. The highest BCUT2D eigenvalue weighted by molar-refractivity contribution is 8.03. The average molecular weight is 243 g/mol. The number of hydrogen-bond donors (Lipinski definition) is 2. The van der Waals surface area contributed by atoms with Gasteiger partial charge in [0.1, 0.15) is 0 Å². The molecule has 0 aliphatic carbocycles. The Kier molecular flexibility index (Phi) is 3.73. The van der Waals surface area contributed by atoms with Crippen molar-refractivity contribution >= 4 is 18.5 Å². The van der Waals surface area contributed by atoms with E-state index in [-0.39, 0.29) is 0 Å². The lowest BCUT2D eigenvalue weighted by Crippen LogP contribution is -2.28. The molecule has 0 aromatic heterocycles. The van der Waals surface area contributed by atoms with Crippen LogP contribution in [0.2, 0.25) is 0 Å². The summed E-state index contributed by atoms with van der Waals surface area (Å²) in [6, 6.07) is 0. The van der Waals surface area contributed by atoms with Crippen LogP contribution >= 0.6 is 11.8 Å². The van der Waals surface area contributed by atoms with Gasteiger partial charge in [-0.3, -0.25) is 0 Å². The predicted octanol–water partition coefficient (Wildman–Crippen LogP) is 0.537. The van der Waals surface area contributed by atoms with Gasteiger partial charge >= 0.3 is 0 Å². The van der Waals surface area contributed by atoms with Crippen LogP contribution in [0.1, 0.15) is 13.3 Å². The number of aliphatic hydroxyl groups is 1. The summed E-state index contributed by atoms with van der Waals surface area (Å²) in [7, 11) is 0. The van der Waals surface area contributed by atoms with Crippen molar-refractivity contribution < 1.29 is 9.84 Å². The highest BCUT2D eigenvalue weighted by Crippen LogP contribution is 2.36. The summed E-state index contributed by atoms with van der Waals surface area (Å²) < 4.78 is 5.12. The first-order chi connectivity index (χ1) is 7.72. The first-order valence-electron chi connectivity index (χ1n) is 5.35. The van der Waals surface area contributed by atoms with Gasteiger partial charge in [-0.2, -0.15) is 0 Å². The van der Waals surface area contributed by atoms with Crippen molar-refractivity contribution in [2.75, 3.05) is 19.7 Å². The van der Waals surface area contributed by atoms with Crippen LogP contribution in [0.3, 0.4) is 0 Å². The first kappa shape index (κ1) is 11.8. The third kappa shape index (κ3) is 2.34. The minimum absolute atomic E-state index is 0.327. The molecule has 2 aliphatic heterocycles. The fourth-order valence-corrected chi connectivity index (χ4v) is 3.12. The monoisotopic (exact) mass is 243 g/mol. The predicted molar refractivity (Wildman–Crippen MR) is 64.9 cm³/mol. The molecule has 1 fully saturated rings. The minimum atomic E-state index is -0.796. The standard InChI is InChI=1S/C10H17N3O2S/c1-7-9(13-5-6-15-10(13)14)16-8(12-7)3-4-11-2/h8,10,12,14H,2-6H2,1H3. The maximum absolute atomic E-state index is 9.63. The maximum Gasteiger partial charge on any atom is 0.238 e. The number of aliphatic imine (C=N–C) groups is 1. The van der Waals surface area contributed by atoms with Gasteiger partial charge in [0.25, 0.3) is 0 Å². The van der Waals surface area contributed by atoms with E-state index in [0.29, 0.717) is 12.0 Å². The summed E-state index contributed by atoms with van der Waals surface area (Å²) in [5, 5.41) is 14.4. The molecule has 16 heavy (non-hydrogen) atoms. The summed E-state index contributed by atoms with van der Waals surface area (Å²) in [4.78, 5) is 5.74. The van der Waals surface area contributed by atoms with E-state index in [9.17, 15) is 5.11 Å². The molecule has 2 atom stereocenters. The molecule has 2 N–H and O–H groups in total. The molecule has 0 saturated carbocycles. The van der Waals surface area contributed by atoms with Gasteiger partial charge in [0, 0.05) is 18.8 Å². The molecule has 2 aliphatic rings. The highest BCUT2D eigenvalue weighted by atomic mass is 32.2. The van der Waals surface area contributed by atoms with Crippen LogP contribution in [0, 0.1) is 0 Å². The molecule has 2 heterocycles. The molecule has 2 rings (SSSR count). The molecular formula is C10H17N3O2S. The van der Waals surface area contributed by atoms with E-state index < -0.39 is 6.41 Å². The minimum Gasteiger partial charge on any atom is -0.374 e. The normalized spacial score (nSPS) is 29.8. The van der Waals surface area contributed by atoms with E-state index in [0.717, 1.165) is 30.2 Å². The van der Waals surface area contributed by atoms with E-state index >= 15 is 0 Å². The number of rotatable bonds is 4. The number of nitrogens with one attached hydrogen (secondary N) is 1. The first-order valence-corrected chi connectivity index (χ1v) is 6.23. The van der Waals surface area contributed by atoms with Crippen molar-refractivity contribution in [2.45, 2.75) is 25.1 Å². The van der Waals surface area contributed by atoms with Gasteiger partial charge < -0.3 is 25.1 Å². The van der Waals surface area contributed by atoms with Crippen LogP contribution in [-0.2, 0) is 4.74 Å². The number of ether oxygens (including phenoxy) is 1. The summed E-state index contributed by atoms with van der Waals surface area (Å²) >= 11 is 1.73. The van der Waals surface area contributed by atoms with Crippen molar-refractivity contribution in [3.63, 3.8) is 0 Å². The second kappa shape index (κ2) is 5.07. The second-order valence-electron chi connectivity index (χ2n) is 3.81. The van der Waals surface area contributed by atoms with Crippen molar-refractivity contribution in [3.05, 3.63) is 10.7 Å². The fourth-order valence-electron chi connectivity index (χ4n) is 1.84. The van der Waals surface area contributed by atoms with Crippen molar-refractivity contribution in [2.24, 2.45) is 4.99 Å². The summed E-state index contributed by atoms with van der Waals surface area (Å²) in [6.45, 7) is 7.58. The Bertz CT molecular complexity index is 308. The average Bonchev–Trinajstić information content (AvgIpc) is 2.82. The van der Waals surface area contributed by atoms with E-state index in [1.807, 2.05) is 11.8 Å². The van der Waals surface area contributed by atoms with Gasteiger partial charge in [-0.05, 0) is 20.1 Å². The Morgan fingerprint density at radius 3 is 3.19 bits per heavy atom. The van der Waals surface area contributed by atoms with Crippen molar-refractivity contribution in [1.82, 2.24) is 10.2 Å². The molecule has 5 nitrogen and oxygen atoms in total. The number of nitrogens with zero attached hydrogens (tertiary/aromatic N) is 2. The van der Waals surface area contributed by atoms with Gasteiger partial charge in [0.15, 0.2) is 0 Å². The highest BCUT2D eigenvalue weighted by Gasteiger charge is 2.32. The van der Waals surface area contributed by atoms with Gasteiger partial charge in [-0.15, -0.1) is 0 Å². The quantitative estimate of drug-likeness (QED) is 0.706. The van der Waals surface area contributed by atoms with Crippen LogP contribution in [0.4, 0.5) is 0 Å². The zero-order chi connectivity index (χ0) is 11.5. The molecule has 0 bridgehead atoms. The van der Waals surface area contributed by atoms with Gasteiger partial charge in [-0.25, -0.2) is 0 Å². The number of hydrogen-bond acceptors (Lipinski definition) is 6. The Balaban J connectivity index is 1.95. The van der Waals surface area contributed by atoms with Crippen molar-refractivity contribution in [1.29, 1.82) is 0 Å². The van der Waals surface area contributed by atoms with Crippen LogP contribution in [0.25, 0.3) is 0 Å². The zero-order valence-electron chi connectivity index (χ0n) is 9.35. The Hall–Kier alpha value is -0.720. The summed E-state index contributed by atoms with van der Waals surface area (Å²) in [5.74, 6) is 0. The fraction of sp³-hybridized carbons (Fsp3) is 0.700. The van der Waals surface area contributed by atoms with Gasteiger partial charge in [0.2, 0.25) is 6.41 Å². The summed E-state index contributed by atoms with van der Waals surface area (Å²) in [6.07, 6.45) is 0.148. The third-order valence-electron chi connectivity index (χ3n) is 2.63. The van der Waals surface area contributed by atoms with E-state index in [1.54, 1.807) is 11.8 Å². The molecule has 0 spiro atoms. The van der Waals surface area contributed by atoms with Gasteiger partial charge in [-0.1, -0.05) is 11.8 Å². The lowest BCUT2D eigenvalue weighted by molar-refractivity contribution is -0.119.